The minimum Gasteiger partial charge on any atom is -0.444 e. The number of alkyl halides is 1. The fourth-order valence-corrected chi connectivity index (χ4v) is 3.12. The lowest BCUT2D eigenvalue weighted by molar-refractivity contribution is 0.146. The summed E-state index contributed by atoms with van der Waals surface area (Å²) >= 11 is 0. The molecule has 1 amide bonds. The highest BCUT2D eigenvalue weighted by molar-refractivity contribution is 5.88. The summed E-state index contributed by atoms with van der Waals surface area (Å²) < 4.78 is 23.5. The van der Waals surface area contributed by atoms with Crippen LogP contribution in [0.1, 0.15) is 5.56 Å². The molecule has 0 aliphatic carbocycles. The molecule has 1 aromatic heterocycles. The number of carbonyl (C=O) groups is 1. The van der Waals surface area contributed by atoms with Crippen molar-refractivity contribution in [2.24, 2.45) is 0 Å². The Bertz CT molecular complexity index is 1080. The highest BCUT2D eigenvalue weighted by Gasteiger charge is 2.18. The standard InChI is InChI=1S/C22H20FN3O3/c23-11-13-26(22(27)28-16-17-4-2-1-3-5-17)20-8-6-19(7-9-20)25-12-10-21-18(15-25)14-24-29-21/h1-10,14-15H,11-13,16H2. The summed E-state index contributed by atoms with van der Waals surface area (Å²) in [6.45, 7) is 0.0585. The van der Waals surface area contributed by atoms with Crippen molar-refractivity contribution in [3.63, 3.8) is 0 Å². The Kier molecular flexibility index (Phi) is 5.56. The number of halogens is 1. The van der Waals surface area contributed by atoms with E-state index in [1.54, 1.807) is 18.3 Å². The Balaban J connectivity index is 1.47. The quantitative estimate of drug-likeness (QED) is 0.645. The zero-order valence-corrected chi connectivity index (χ0v) is 15.7. The van der Waals surface area contributed by atoms with Crippen LogP contribution in [0.5, 0.6) is 0 Å². The normalized spacial score (nSPS) is 12.5. The van der Waals surface area contributed by atoms with Crippen LogP contribution in [0.3, 0.4) is 0 Å². The third-order valence-electron chi connectivity index (χ3n) is 4.62. The predicted molar refractivity (Wildman–Crippen MR) is 108 cm³/mol. The van der Waals surface area contributed by atoms with Crippen molar-refractivity contribution < 1.29 is 18.4 Å². The summed E-state index contributed by atoms with van der Waals surface area (Å²) in [6, 6.07) is 16.7. The second kappa shape index (κ2) is 8.60. The zero-order chi connectivity index (χ0) is 20.1. The molecule has 0 saturated carbocycles. The van der Waals surface area contributed by atoms with Gasteiger partial charge in [-0.05, 0) is 35.9 Å². The van der Waals surface area contributed by atoms with E-state index in [9.17, 15) is 9.18 Å². The van der Waals surface area contributed by atoms with Crippen molar-refractivity contribution in [3.8, 4) is 0 Å². The van der Waals surface area contributed by atoms with Gasteiger partial charge in [0, 0.05) is 24.1 Å². The average Bonchev–Trinajstić information content (AvgIpc) is 3.25. The number of aromatic nitrogens is 1. The molecule has 1 aliphatic heterocycles. The van der Waals surface area contributed by atoms with Gasteiger partial charge in [0.2, 0.25) is 0 Å². The molecule has 3 aromatic rings. The fourth-order valence-electron chi connectivity index (χ4n) is 3.12. The minimum absolute atomic E-state index is 0.0688. The zero-order valence-electron chi connectivity index (χ0n) is 15.7. The van der Waals surface area contributed by atoms with E-state index in [-0.39, 0.29) is 13.2 Å². The molecular formula is C22H20FN3O3. The monoisotopic (exact) mass is 393 g/mol. The minimum atomic E-state index is -0.659. The molecule has 29 heavy (non-hydrogen) atoms. The van der Waals surface area contributed by atoms with E-state index in [4.69, 9.17) is 9.26 Å². The van der Waals surface area contributed by atoms with E-state index in [1.165, 1.54) is 4.90 Å². The van der Waals surface area contributed by atoms with E-state index < -0.39 is 12.8 Å². The first-order valence-corrected chi connectivity index (χ1v) is 9.28. The van der Waals surface area contributed by atoms with Gasteiger partial charge in [-0.15, -0.1) is 0 Å². The van der Waals surface area contributed by atoms with Gasteiger partial charge in [0.05, 0.1) is 18.0 Å². The number of anilines is 2. The molecule has 0 bridgehead atoms. The summed E-state index contributed by atoms with van der Waals surface area (Å²) in [5.41, 5.74) is 3.15. The molecule has 2 aromatic carbocycles. The first-order chi connectivity index (χ1) is 14.2. The maximum Gasteiger partial charge on any atom is 0.414 e. The lowest BCUT2D eigenvalue weighted by Crippen LogP contribution is -2.34. The topological polar surface area (TPSA) is 58.8 Å². The van der Waals surface area contributed by atoms with Crippen molar-refractivity contribution in [1.29, 1.82) is 0 Å². The first-order valence-electron chi connectivity index (χ1n) is 9.28. The molecule has 7 heteroatoms. The largest absolute Gasteiger partial charge is 0.444 e. The van der Waals surface area contributed by atoms with Gasteiger partial charge in [-0.2, -0.15) is 0 Å². The molecule has 0 radical (unpaired) electrons. The van der Waals surface area contributed by atoms with E-state index in [2.05, 4.69) is 5.16 Å². The Labute approximate surface area is 167 Å². The SMILES string of the molecule is O=C(OCc1ccccc1)N(CCF)c1ccc(N2C=c3cnoc3=CC2)cc1. The van der Waals surface area contributed by atoms with Crippen molar-refractivity contribution in [2.45, 2.75) is 6.61 Å². The molecule has 0 spiro atoms. The van der Waals surface area contributed by atoms with Crippen LogP contribution < -0.4 is 20.4 Å². The van der Waals surface area contributed by atoms with Crippen LogP contribution in [0, 0.1) is 0 Å². The Morgan fingerprint density at radius 3 is 2.72 bits per heavy atom. The number of carbonyl (C=O) groups excluding carboxylic acids is 1. The van der Waals surface area contributed by atoms with E-state index in [1.807, 2.05) is 59.6 Å². The molecule has 6 nitrogen and oxygen atoms in total. The van der Waals surface area contributed by atoms with Gasteiger partial charge in [-0.25, -0.2) is 9.18 Å². The molecule has 0 atom stereocenters. The van der Waals surface area contributed by atoms with Gasteiger partial charge in [-0.1, -0.05) is 35.5 Å². The molecule has 0 unspecified atom stereocenters. The number of nitrogens with zero attached hydrogens (tertiary/aromatic N) is 3. The molecule has 148 valence electrons. The summed E-state index contributed by atoms with van der Waals surface area (Å²) in [5.74, 6) is 0. The third kappa shape index (κ3) is 4.29. The fraction of sp³-hybridized carbons (Fsp3) is 0.182. The Morgan fingerprint density at radius 2 is 1.97 bits per heavy atom. The van der Waals surface area contributed by atoms with Crippen LogP contribution >= 0.6 is 0 Å². The molecule has 0 fully saturated rings. The van der Waals surface area contributed by atoms with Gasteiger partial charge in [-0.3, -0.25) is 4.90 Å². The van der Waals surface area contributed by atoms with Crippen molar-refractivity contribution in [1.82, 2.24) is 5.16 Å². The summed E-state index contributed by atoms with van der Waals surface area (Å²) in [5, 5.41) is 4.70. The third-order valence-corrected chi connectivity index (χ3v) is 4.62. The maximum atomic E-state index is 13.1. The number of ether oxygens (including phenoxy) is 1. The highest BCUT2D eigenvalue weighted by atomic mass is 19.1. The highest BCUT2D eigenvalue weighted by Crippen LogP contribution is 2.22. The molecule has 1 aliphatic rings. The Hall–Kier alpha value is -3.61. The summed E-state index contributed by atoms with van der Waals surface area (Å²) in [7, 11) is 0. The van der Waals surface area contributed by atoms with Gasteiger partial charge in [0.15, 0.2) is 5.42 Å². The molecule has 0 saturated heterocycles. The van der Waals surface area contributed by atoms with Crippen molar-refractivity contribution in [2.75, 3.05) is 29.6 Å². The molecule has 2 heterocycles. The van der Waals surface area contributed by atoms with Crippen LogP contribution in [0.15, 0.2) is 65.3 Å². The summed E-state index contributed by atoms with van der Waals surface area (Å²) in [6.07, 6.45) is 4.99. The van der Waals surface area contributed by atoms with Gasteiger partial charge >= 0.3 is 6.09 Å². The Morgan fingerprint density at radius 1 is 1.17 bits per heavy atom. The van der Waals surface area contributed by atoms with Crippen LogP contribution in [0.2, 0.25) is 0 Å². The number of amides is 1. The van der Waals surface area contributed by atoms with Crippen LogP contribution in [-0.4, -0.2) is 31.0 Å². The van der Waals surface area contributed by atoms with E-state index >= 15 is 0 Å². The number of fused-ring (bicyclic) bond motifs is 1. The van der Waals surface area contributed by atoms with Crippen LogP contribution in [-0.2, 0) is 11.3 Å². The van der Waals surface area contributed by atoms with Crippen LogP contribution in [0.25, 0.3) is 12.3 Å². The molecular weight excluding hydrogens is 373 g/mol. The predicted octanol–water partition coefficient (Wildman–Crippen LogP) is 2.83. The lowest BCUT2D eigenvalue weighted by atomic mass is 10.2. The van der Waals surface area contributed by atoms with E-state index in [0.29, 0.717) is 12.2 Å². The molecule has 0 N–H and O–H groups in total. The van der Waals surface area contributed by atoms with Gasteiger partial charge in [0.1, 0.15) is 13.3 Å². The number of rotatable bonds is 6. The van der Waals surface area contributed by atoms with Crippen LogP contribution in [0.4, 0.5) is 20.6 Å². The number of benzene rings is 2. The second-order valence-electron chi connectivity index (χ2n) is 6.53. The summed E-state index contributed by atoms with van der Waals surface area (Å²) in [4.78, 5) is 15.8. The maximum absolute atomic E-state index is 13.1. The van der Waals surface area contributed by atoms with E-state index in [0.717, 1.165) is 21.9 Å². The number of hydrogen-bond acceptors (Lipinski definition) is 5. The number of hydrogen-bond donors (Lipinski definition) is 0. The van der Waals surface area contributed by atoms with Gasteiger partial charge < -0.3 is 14.2 Å². The smallest absolute Gasteiger partial charge is 0.414 e. The first kappa shape index (κ1) is 18.7. The second-order valence-corrected chi connectivity index (χ2v) is 6.53. The molecule has 4 rings (SSSR count). The lowest BCUT2D eigenvalue weighted by Gasteiger charge is -2.23. The van der Waals surface area contributed by atoms with Crippen molar-refractivity contribution >= 4 is 29.7 Å². The van der Waals surface area contributed by atoms with Gasteiger partial charge in [0.25, 0.3) is 0 Å². The average molecular weight is 393 g/mol. The van der Waals surface area contributed by atoms with Crippen molar-refractivity contribution in [3.05, 3.63) is 77.0 Å².